The molecule has 0 bridgehead atoms. The van der Waals surface area contributed by atoms with Crippen LogP contribution in [0.25, 0.3) is 0 Å². The molecule has 6 heteroatoms. The zero-order valence-corrected chi connectivity index (χ0v) is 12.5. The van der Waals surface area contributed by atoms with Gasteiger partial charge in [-0.25, -0.2) is 0 Å². The van der Waals surface area contributed by atoms with E-state index < -0.39 is 0 Å². The number of carbonyl (C=O) groups is 1. The first-order valence-electron chi connectivity index (χ1n) is 6.73. The van der Waals surface area contributed by atoms with E-state index in [-0.39, 0.29) is 5.91 Å². The number of hydrogen-bond donors (Lipinski definition) is 2. The summed E-state index contributed by atoms with van der Waals surface area (Å²) in [5.41, 5.74) is 8.18. The summed E-state index contributed by atoms with van der Waals surface area (Å²) in [6.07, 6.45) is 1.04. The zero-order valence-electron chi connectivity index (χ0n) is 12.5. The van der Waals surface area contributed by atoms with E-state index in [9.17, 15) is 4.79 Å². The second kappa shape index (κ2) is 6.30. The van der Waals surface area contributed by atoms with Gasteiger partial charge in [-0.2, -0.15) is 5.10 Å². The van der Waals surface area contributed by atoms with E-state index in [1.54, 1.807) is 18.8 Å². The molecule has 0 spiro atoms. The molecule has 3 N–H and O–H groups in total. The van der Waals surface area contributed by atoms with Crippen molar-refractivity contribution in [2.24, 2.45) is 7.05 Å². The molecule has 2 rings (SSSR count). The third-order valence-electron chi connectivity index (χ3n) is 3.33. The minimum Gasteiger partial charge on any atom is -0.497 e. The van der Waals surface area contributed by atoms with Crippen molar-refractivity contribution in [2.45, 2.75) is 19.8 Å². The Labute approximate surface area is 123 Å². The number of nitrogens with two attached hydrogens (primary N) is 1. The van der Waals surface area contributed by atoms with E-state index in [0.29, 0.717) is 30.0 Å². The van der Waals surface area contributed by atoms with Crippen molar-refractivity contribution in [1.82, 2.24) is 9.78 Å². The van der Waals surface area contributed by atoms with Gasteiger partial charge in [-0.05, 0) is 31.0 Å². The van der Waals surface area contributed by atoms with Crippen LogP contribution in [0, 0.1) is 6.92 Å². The van der Waals surface area contributed by atoms with E-state index in [2.05, 4.69) is 10.4 Å². The number of hydrogen-bond acceptors (Lipinski definition) is 4. The Balaban J connectivity index is 1.92. The topological polar surface area (TPSA) is 82.2 Å². The highest BCUT2D eigenvalue weighted by molar-refractivity contribution is 5.93. The molecule has 0 aliphatic heterocycles. The molecule has 0 aliphatic carbocycles. The van der Waals surface area contributed by atoms with Crippen molar-refractivity contribution >= 4 is 17.4 Å². The Hall–Kier alpha value is -2.50. The number of aryl methyl sites for hydroxylation is 3. The number of anilines is 2. The van der Waals surface area contributed by atoms with Gasteiger partial charge in [0.25, 0.3) is 0 Å². The lowest BCUT2D eigenvalue weighted by Crippen LogP contribution is -2.16. The Morgan fingerprint density at radius 2 is 2.05 bits per heavy atom. The molecule has 0 radical (unpaired) electrons. The van der Waals surface area contributed by atoms with Crippen LogP contribution in [0.2, 0.25) is 0 Å². The standard InChI is InChI=1S/C15H20N4O2/c1-10-14(16)15(19(2)18-10)17-13(20)9-6-11-4-7-12(21-3)8-5-11/h4-5,7-8H,6,9,16H2,1-3H3,(H,17,20). The molecule has 6 nitrogen and oxygen atoms in total. The van der Waals surface area contributed by atoms with Gasteiger partial charge < -0.3 is 15.8 Å². The third kappa shape index (κ3) is 3.53. The van der Waals surface area contributed by atoms with Crippen molar-refractivity contribution in [3.05, 3.63) is 35.5 Å². The fourth-order valence-corrected chi connectivity index (χ4v) is 2.07. The summed E-state index contributed by atoms with van der Waals surface area (Å²) < 4.78 is 6.68. The molecule has 1 amide bonds. The lowest BCUT2D eigenvalue weighted by atomic mass is 10.1. The van der Waals surface area contributed by atoms with Crippen LogP contribution in [0.1, 0.15) is 17.7 Å². The number of rotatable bonds is 5. The van der Waals surface area contributed by atoms with E-state index in [4.69, 9.17) is 10.5 Å². The highest BCUT2D eigenvalue weighted by Crippen LogP contribution is 2.21. The second-order valence-corrected chi connectivity index (χ2v) is 4.87. The van der Waals surface area contributed by atoms with Crippen molar-refractivity contribution in [2.75, 3.05) is 18.2 Å². The first-order chi connectivity index (χ1) is 10.0. The van der Waals surface area contributed by atoms with E-state index in [1.807, 2.05) is 31.2 Å². The highest BCUT2D eigenvalue weighted by atomic mass is 16.5. The molecular weight excluding hydrogens is 268 g/mol. The Morgan fingerprint density at radius 3 is 2.57 bits per heavy atom. The van der Waals surface area contributed by atoms with E-state index in [0.717, 1.165) is 11.3 Å². The number of ether oxygens (including phenoxy) is 1. The quantitative estimate of drug-likeness (QED) is 0.880. The molecule has 0 fully saturated rings. The second-order valence-electron chi connectivity index (χ2n) is 4.87. The summed E-state index contributed by atoms with van der Waals surface area (Å²) in [6.45, 7) is 1.81. The smallest absolute Gasteiger partial charge is 0.225 e. The van der Waals surface area contributed by atoms with E-state index >= 15 is 0 Å². The summed E-state index contributed by atoms with van der Waals surface area (Å²) in [5.74, 6) is 1.27. The largest absolute Gasteiger partial charge is 0.497 e. The maximum atomic E-state index is 12.0. The third-order valence-corrected chi connectivity index (χ3v) is 3.33. The van der Waals surface area contributed by atoms with Gasteiger partial charge >= 0.3 is 0 Å². The number of nitrogens with one attached hydrogen (secondary N) is 1. The molecule has 2 aromatic rings. The fraction of sp³-hybridized carbons (Fsp3) is 0.333. The lowest BCUT2D eigenvalue weighted by Gasteiger charge is -2.07. The Morgan fingerprint density at radius 1 is 1.38 bits per heavy atom. The molecule has 1 aromatic heterocycles. The molecular formula is C15H20N4O2. The molecule has 112 valence electrons. The van der Waals surface area contributed by atoms with E-state index in [1.165, 1.54) is 0 Å². The monoisotopic (exact) mass is 288 g/mol. The summed E-state index contributed by atoms with van der Waals surface area (Å²) in [5, 5.41) is 6.97. The predicted octanol–water partition coefficient (Wildman–Crippen LogP) is 1.89. The van der Waals surface area contributed by atoms with Gasteiger partial charge in [0, 0.05) is 13.5 Å². The maximum absolute atomic E-state index is 12.0. The van der Waals surface area contributed by atoms with Crippen LogP contribution in [-0.2, 0) is 18.3 Å². The summed E-state index contributed by atoms with van der Waals surface area (Å²) in [4.78, 5) is 12.0. The van der Waals surface area contributed by atoms with Gasteiger partial charge in [-0.3, -0.25) is 9.48 Å². The van der Waals surface area contributed by atoms with Gasteiger partial charge in [0.2, 0.25) is 5.91 Å². The Bertz CT molecular complexity index is 632. The first-order valence-corrected chi connectivity index (χ1v) is 6.73. The molecule has 1 aromatic carbocycles. The number of nitrogens with zero attached hydrogens (tertiary/aromatic N) is 2. The highest BCUT2D eigenvalue weighted by Gasteiger charge is 2.12. The maximum Gasteiger partial charge on any atom is 0.225 e. The van der Waals surface area contributed by atoms with Gasteiger partial charge in [0.1, 0.15) is 5.75 Å². The number of methoxy groups -OCH3 is 1. The SMILES string of the molecule is COc1ccc(CCC(=O)Nc2c(N)c(C)nn2C)cc1. The van der Waals surface area contributed by atoms with Crippen LogP contribution >= 0.6 is 0 Å². The predicted molar refractivity (Wildman–Crippen MR) is 82.3 cm³/mol. The Kier molecular flexibility index (Phi) is 4.47. The number of aromatic nitrogens is 2. The molecule has 21 heavy (non-hydrogen) atoms. The lowest BCUT2D eigenvalue weighted by molar-refractivity contribution is -0.116. The number of nitrogen functional groups attached to an aromatic ring is 1. The first kappa shape index (κ1) is 14.9. The van der Waals surface area contributed by atoms with Gasteiger partial charge in [-0.1, -0.05) is 12.1 Å². The molecule has 0 saturated heterocycles. The van der Waals surface area contributed by atoms with Crippen molar-refractivity contribution in [1.29, 1.82) is 0 Å². The summed E-state index contributed by atoms with van der Waals surface area (Å²) in [6, 6.07) is 7.68. The molecule has 0 aliphatic rings. The zero-order chi connectivity index (χ0) is 15.4. The van der Waals surface area contributed by atoms with Gasteiger partial charge in [0.15, 0.2) is 5.82 Å². The van der Waals surface area contributed by atoms with Crippen LogP contribution in [0.4, 0.5) is 11.5 Å². The van der Waals surface area contributed by atoms with Gasteiger partial charge in [0.05, 0.1) is 18.5 Å². The van der Waals surface area contributed by atoms with Crippen LogP contribution in [-0.4, -0.2) is 22.8 Å². The summed E-state index contributed by atoms with van der Waals surface area (Å²) in [7, 11) is 3.38. The van der Waals surface area contributed by atoms with Crippen molar-refractivity contribution < 1.29 is 9.53 Å². The minimum absolute atomic E-state index is 0.0829. The number of benzene rings is 1. The van der Waals surface area contributed by atoms with Crippen LogP contribution in [0.15, 0.2) is 24.3 Å². The van der Waals surface area contributed by atoms with Gasteiger partial charge in [-0.15, -0.1) is 0 Å². The normalized spacial score (nSPS) is 10.4. The molecule has 1 heterocycles. The van der Waals surface area contributed by atoms with Crippen molar-refractivity contribution in [3.63, 3.8) is 0 Å². The molecule has 0 unspecified atom stereocenters. The molecule has 0 atom stereocenters. The van der Waals surface area contributed by atoms with Crippen LogP contribution < -0.4 is 15.8 Å². The average molecular weight is 288 g/mol. The summed E-state index contributed by atoms with van der Waals surface area (Å²) >= 11 is 0. The van der Waals surface area contributed by atoms with Crippen LogP contribution in [0.3, 0.4) is 0 Å². The molecule has 0 saturated carbocycles. The van der Waals surface area contributed by atoms with Crippen molar-refractivity contribution in [3.8, 4) is 5.75 Å². The number of carbonyl (C=O) groups excluding carboxylic acids is 1. The fourth-order valence-electron chi connectivity index (χ4n) is 2.07. The minimum atomic E-state index is -0.0829. The number of amides is 1. The average Bonchev–Trinajstić information content (AvgIpc) is 2.72. The van der Waals surface area contributed by atoms with Crippen LogP contribution in [0.5, 0.6) is 5.75 Å².